The quantitative estimate of drug-likeness (QED) is 0.459. The summed E-state index contributed by atoms with van der Waals surface area (Å²) in [6.45, 7) is 2.24. The van der Waals surface area contributed by atoms with Crippen molar-refractivity contribution in [2.24, 2.45) is 5.10 Å². The Morgan fingerprint density at radius 2 is 2.27 bits per heavy atom. The molecule has 0 bridgehead atoms. The van der Waals surface area contributed by atoms with Gasteiger partial charge in [-0.3, -0.25) is 14.7 Å². The summed E-state index contributed by atoms with van der Waals surface area (Å²) in [5.41, 5.74) is 2.88. The van der Waals surface area contributed by atoms with E-state index in [-0.39, 0.29) is 17.7 Å². The molecule has 2 aromatic rings. The van der Waals surface area contributed by atoms with Gasteiger partial charge in [-0.25, -0.2) is 5.43 Å². The highest BCUT2D eigenvalue weighted by Gasteiger charge is 2.07. The lowest BCUT2D eigenvalue weighted by molar-refractivity contribution is -0.120. The first-order valence-corrected chi connectivity index (χ1v) is 6.63. The normalized spacial score (nSPS) is 10.8. The molecule has 4 N–H and O–H groups in total. The first kappa shape index (κ1) is 15.4. The number of nitrogens with zero attached hydrogens (tertiary/aromatic N) is 1. The molecule has 0 aliphatic heterocycles. The number of hydrogen-bond donors (Lipinski definition) is 4. The Balaban J connectivity index is 1.96. The van der Waals surface area contributed by atoms with Crippen LogP contribution in [0.1, 0.15) is 18.2 Å². The van der Waals surface area contributed by atoms with Gasteiger partial charge in [-0.05, 0) is 19.1 Å². The number of aromatic nitrogens is 2. The maximum absolute atomic E-state index is 11.6. The van der Waals surface area contributed by atoms with Gasteiger partial charge in [-0.15, -0.1) is 0 Å². The molecule has 0 unspecified atom stereocenters. The van der Waals surface area contributed by atoms with Crippen molar-refractivity contribution in [3.05, 3.63) is 45.9 Å². The predicted molar refractivity (Wildman–Crippen MR) is 80.1 cm³/mol. The van der Waals surface area contributed by atoms with Crippen molar-refractivity contribution in [1.82, 2.24) is 15.6 Å². The third-order valence-corrected chi connectivity index (χ3v) is 2.73. The van der Waals surface area contributed by atoms with E-state index in [9.17, 15) is 14.7 Å². The summed E-state index contributed by atoms with van der Waals surface area (Å²) in [6.07, 6.45) is 1.30. The summed E-state index contributed by atoms with van der Waals surface area (Å²) >= 11 is 0. The standard InChI is InChI=1S/C14H16N4O4/c1-2-22-11-5-3-4-9(14(11)21)8-15-17-12(19)6-10-7-13(20)18-16-10/h3-5,7-8,21H,2,6H2,1H3,(H,17,19)(H2,16,18,20). The number of carbonyl (C=O) groups excluding carboxylic acids is 1. The van der Waals surface area contributed by atoms with Crippen molar-refractivity contribution in [1.29, 1.82) is 0 Å². The van der Waals surface area contributed by atoms with E-state index in [0.29, 0.717) is 23.6 Å². The zero-order valence-corrected chi connectivity index (χ0v) is 11.9. The Bertz CT molecular complexity index is 732. The van der Waals surface area contributed by atoms with Gasteiger partial charge in [0.05, 0.1) is 19.2 Å². The minimum absolute atomic E-state index is 0.0128. The van der Waals surface area contributed by atoms with Crippen LogP contribution < -0.4 is 15.7 Å². The molecule has 1 amide bonds. The maximum atomic E-state index is 11.6. The summed E-state index contributed by atoms with van der Waals surface area (Å²) in [6, 6.07) is 6.27. The van der Waals surface area contributed by atoms with E-state index in [0.717, 1.165) is 0 Å². The number of carbonyl (C=O) groups is 1. The summed E-state index contributed by atoms with van der Waals surface area (Å²) in [4.78, 5) is 22.5. The molecule has 22 heavy (non-hydrogen) atoms. The molecule has 0 spiro atoms. The lowest BCUT2D eigenvalue weighted by Crippen LogP contribution is -2.20. The van der Waals surface area contributed by atoms with E-state index in [1.807, 2.05) is 6.92 Å². The summed E-state index contributed by atoms with van der Waals surface area (Å²) in [5, 5.41) is 18.6. The highest BCUT2D eigenvalue weighted by molar-refractivity contribution is 5.86. The minimum atomic E-state index is -0.396. The number of phenols is 1. The lowest BCUT2D eigenvalue weighted by Gasteiger charge is -2.07. The highest BCUT2D eigenvalue weighted by atomic mass is 16.5. The van der Waals surface area contributed by atoms with Gasteiger partial charge in [0.2, 0.25) is 5.91 Å². The first-order chi connectivity index (χ1) is 10.6. The molecule has 0 atom stereocenters. The number of hydrazone groups is 1. The van der Waals surface area contributed by atoms with Crippen molar-refractivity contribution >= 4 is 12.1 Å². The second-order valence-electron chi connectivity index (χ2n) is 4.38. The van der Waals surface area contributed by atoms with Crippen LogP contribution in [0.2, 0.25) is 0 Å². The molecule has 0 aliphatic rings. The van der Waals surface area contributed by atoms with E-state index in [1.165, 1.54) is 12.3 Å². The average Bonchev–Trinajstić information content (AvgIpc) is 2.88. The van der Waals surface area contributed by atoms with E-state index in [1.54, 1.807) is 18.2 Å². The Morgan fingerprint density at radius 3 is 2.95 bits per heavy atom. The number of aromatic amines is 2. The zero-order valence-electron chi connectivity index (χ0n) is 11.9. The molecule has 8 heteroatoms. The highest BCUT2D eigenvalue weighted by Crippen LogP contribution is 2.28. The van der Waals surface area contributed by atoms with E-state index < -0.39 is 5.91 Å². The van der Waals surface area contributed by atoms with Crippen molar-refractivity contribution < 1.29 is 14.6 Å². The van der Waals surface area contributed by atoms with Crippen LogP contribution in [0.15, 0.2) is 34.2 Å². The molecule has 0 fully saturated rings. The monoisotopic (exact) mass is 304 g/mol. The van der Waals surface area contributed by atoms with Crippen LogP contribution in [0.5, 0.6) is 11.5 Å². The number of para-hydroxylation sites is 1. The Labute approximate surface area is 125 Å². The fraction of sp³-hybridized carbons (Fsp3) is 0.214. The van der Waals surface area contributed by atoms with Crippen LogP contribution in [0, 0.1) is 0 Å². The number of rotatable bonds is 6. The minimum Gasteiger partial charge on any atom is -0.504 e. The Kier molecular flexibility index (Phi) is 4.97. The molecule has 0 radical (unpaired) electrons. The van der Waals surface area contributed by atoms with Crippen LogP contribution in [0.4, 0.5) is 0 Å². The molecule has 8 nitrogen and oxygen atoms in total. The number of H-pyrrole nitrogens is 2. The van der Waals surface area contributed by atoms with Crippen LogP contribution >= 0.6 is 0 Å². The molecular weight excluding hydrogens is 288 g/mol. The van der Waals surface area contributed by atoms with E-state index >= 15 is 0 Å². The van der Waals surface area contributed by atoms with Crippen LogP contribution in [-0.2, 0) is 11.2 Å². The smallest absolute Gasteiger partial charge is 0.264 e. The lowest BCUT2D eigenvalue weighted by atomic mass is 10.2. The average molecular weight is 304 g/mol. The van der Waals surface area contributed by atoms with Crippen LogP contribution in [0.3, 0.4) is 0 Å². The fourth-order valence-electron chi connectivity index (χ4n) is 1.77. The molecule has 0 saturated carbocycles. The summed E-state index contributed by atoms with van der Waals surface area (Å²) in [7, 11) is 0. The SMILES string of the molecule is CCOc1cccc(C=NNC(=O)Cc2cc(=O)[nH][nH]2)c1O. The van der Waals surface area contributed by atoms with Gasteiger partial charge in [-0.2, -0.15) is 5.10 Å². The van der Waals surface area contributed by atoms with Gasteiger partial charge in [-0.1, -0.05) is 6.07 Å². The van der Waals surface area contributed by atoms with Crippen molar-refractivity contribution in [3.8, 4) is 11.5 Å². The molecule has 116 valence electrons. The van der Waals surface area contributed by atoms with E-state index in [4.69, 9.17) is 4.74 Å². The van der Waals surface area contributed by atoms with Gasteiger partial charge in [0, 0.05) is 17.3 Å². The number of aromatic hydroxyl groups is 1. The molecule has 1 aromatic carbocycles. The van der Waals surface area contributed by atoms with Gasteiger partial charge in [0.1, 0.15) is 0 Å². The third-order valence-electron chi connectivity index (χ3n) is 2.73. The predicted octanol–water partition coefficient (Wildman–Crippen LogP) is 0.500. The fourth-order valence-corrected chi connectivity index (χ4v) is 1.77. The zero-order chi connectivity index (χ0) is 15.9. The summed E-state index contributed by atoms with van der Waals surface area (Å²) < 4.78 is 5.25. The van der Waals surface area contributed by atoms with Crippen molar-refractivity contribution in [3.63, 3.8) is 0 Å². The number of benzene rings is 1. The number of hydrogen-bond acceptors (Lipinski definition) is 5. The first-order valence-electron chi connectivity index (χ1n) is 6.63. The molecule has 2 rings (SSSR count). The van der Waals surface area contributed by atoms with Crippen molar-refractivity contribution in [2.75, 3.05) is 6.61 Å². The molecule has 1 aromatic heterocycles. The van der Waals surface area contributed by atoms with Gasteiger partial charge in [0.15, 0.2) is 11.5 Å². The largest absolute Gasteiger partial charge is 0.504 e. The molecular formula is C14H16N4O4. The third kappa shape index (κ3) is 3.98. The topological polar surface area (TPSA) is 120 Å². The van der Waals surface area contributed by atoms with Gasteiger partial charge >= 0.3 is 0 Å². The Morgan fingerprint density at radius 1 is 1.45 bits per heavy atom. The van der Waals surface area contributed by atoms with Gasteiger partial charge in [0.25, 0.3) is 5.56 Å². The van der Waals surface area contributed by atoms with Crippen molar-refractivity contribution in [2.45, 2.75) is 13.3 Å². The summed E-state index contributed by atoms with van der Waals surface area (Å²) in [5.74, 6) is -0.0908. The maximum Gasteiger partial charge on any atom is 0.264 e. The number of amides is 1. The molecule has 1 heterocycles. The number of nitrogens with one attached hydrogen (secondary N) is 3. The molecule has 0 saturated heterocycles. The second kappa shape index (κ2) is 7.11. The van der Waals surface area contributed by atoms with E-state index in [2.05, 4.69) is 20.7 Å². The van der Waals surface area contributed by atoms with Crippen LogP contribution in [-0.4, -0.2) is 34.0 Å². The van der Waals surface area contributed by atoms with Crippen LogP contribution in [0.25, 0.3) is 0 Å². The van der Waals surface area contributed by atoms with Gasteiger partial charge < -0.3 is 14.9 Å². The Hall–Kier alpha value is -3.03. The number of ether oxygens (including phenoxy) is 1. The second-order valence-corrected chi connectivity index (χ2v) is 4.38. The molecule has 0 aliphatic carbocycles. The number of phenolic OH excluding ortho intramolecular Hbond substituents is 1.